The van der Waals surface area contributed by atoms with Crippen LogP contribution in [0.15, 0.2) is 22.7 Å². The predicted octanol–water partition coefficient (Wildman–Crippen LogP) is 2.66. The first-order chi connectivity index (χ1) is 6.72. The molecule has 3 heteroatoms. The Morgan fingerprint density at radius 2 is 2.36 bits per heavy atom. The van der Waals surface area contributed by atoms with Gasteiger partial charge < -0.3 is 10.5 Å². The van der Waals surface area contributed by atoms with Crippen LogP contribution in [0.2, 0.25) is 0 Å². The Morgan fingerprint density at radius 3 is 3.07 bits per heavy atom. The molecule has 0 aliphatic carbocycles. The fourth-order valence-corrected chi connectivity index (χ4v) is 2.45. The molecule has 1 heterocycles. The minimum absolute atomic E-state index is 0.259. The maximum absolute atomic E-state index is 5.79. The van der Waals surface area contributed by atoms with Crippen molar-refractivity contribution in [1.29, 1.82) is 0 Å². The Balaban J connectivity index is 2.45. The van der Waals surface area contributed by atoms with Crippen molar-refractivity contribution in [2.24, 2.45) is 5.73 Å². The summed E-state index contributed by atoms with van der Waals surface area (Å²) in [4.78, 5) is 0. The average Bonchev–Trinajstić information content (AvgIpc) is 2.18. The third-order valence-electron chi connectivity index (χ3n) is 2.66. The molecule has 2 nitrogen and oxygen atoms in total. The molecule has 1 aliphatic heterocycles. The molecule has 1 aromatic rings. The van der Waals surface area contributed by atoms with Crippen molar-refractivity contribution >= 4 is 15.9 Å². The van der Waals surface area contributed by atoms with Gasteiger partial charge in [0.15, 0.2) is 0 Å². The quantitative estimate of drug-likeness (QED) is 0.838. The molecule has 0 saturated heterocycles. The molecule has 0 saturated carbocycles. The second kappa shape index (κ2) is 3.91. The van der Waals surface area contributed by atoms with E-state index in [0.29, 0.717) is 12.5 Å². The molecule has 0 radical (unpaired) electrons. The van der Waals surface area contributed by atoms with E-state index in [4.69, 9.17) is 10.5 Å². The molecule has 0 spiro atoms. The third-order valence-corrected chi connectivity index (χ3v) is 3.28. The molecule has 14 heavy (non-hydrogen) atoms. The number of benzene rings is 1. The molecule has 2 atom stereocenters. The van der Waals surface area contributed by atoms with Gasteiger partial charge in [-0.1, -0.05) is 12.1 Å². The summed E-state index contributed by atoms with van der Waals surface area (Å²) < 4.78 is 6.82. The predicted molar refractivity (Wildman–Crippen MR) is 60.6 cm³/mol. The van der Waals surface area contributed by atoms with E-state index in [1.54, 1.807) is 0 Å². The van der Waals surface area contributed by atoms with Crippen molar-refractivity contribution in [3.8, 4) is 5.75 Å². The van der Waals surface area contributed by atoms with Gasteiger partial charge in [-0.05, 0) is 47.4 Å². The van der Waals surface area contributed by atoms with E-state index >= 15 is 0 Å². The molecule has 0 bridgehead atoms. The lowest BCUT2D eigenvalue weighted by atomic mass is 9.90. The fourth-order valence-electron chi connectivity index (χ4n) is 1.97. The number of hydrogen-bond donors (Lipinski definition) is 1. The Bertz CT molecular complexity index is 340. The van der Waals surface area contributed by atoms with Crippen LogP contribution in [0.4, 0.5) is 0 Å². The molecular weight excluding hydrogens is 242 g/mol. The first-order valence-corrected chi connectivity index (χ1v) is 5.66. The largest absolute Gasteiger partial charge is 0.489 e. The smallest absolute Gasteiger partial charge is 0.137 e. The van der Waals surface area contributed by atoms with Gasteiger partial charge in [-0.25, -0.2) is 0 Å². The normalized spacial score (nSPS) is 25.4. The topological polar surface area (TPSA) is 35.2 Å². The van der Waals surface area contributed by atoms with Gasteiger partial charge in [0, 0.05) is 5.92 Å². The molecule has 0 fully saturated rings. The fraction of sp³-hybridized carbons (Fsp3) is 0.455. The summed E-state index contributed by atoms with van der Waals surface area (Å²) in [5.41, 5.74) is 7.00. The molecule has 2 unspecified atom stereocenters. The first kappa shape index (κ1) is 9.99. The van der Waals surface area contributed by atoms with Crippen LogP contribution >= 0.6 is 15.9 Å². The maximum atomic E-state index is 5.79. The van der Waals surface area contributed by atoms with E-state index in [2.05, 4.69) is 28.9 Å². The molecule has 2 rings (SSSR count). The lowest BCUT2D eigenvalue weighted by Crippen LogP contribution is -2.27. The summed E-state index contributed by atoms with van der Waals surface area (Å²) in [6.45, 7) is 2.78. The van der Waals surface area contributed by atoms with Gasteiger partial charge in [-0.2, -0.15) is 0 Å². The van der Waals surface area contributed by atoms with Crippen LogP contribution in [0.5, 0.6) is 5.75 Å². The maximum Gasteiger partial charge on any atom is 0.137 e. The molecular formula is C11H14BrNO. The zero-order valence-corrected chi connectivity index (χ0v) is 9.75. The zero-order valence-electron chi connectivity index (χ0n) is 8.16. The van der Waals surface area contributed by atoms with Crippen molar-refractivity contribution < 1.29 is 4.74 Å². The van der Waals surface area contributed by atoms with Gasteiger partial charge >= 0.3 is 0 Å². The number of hydrogen-bond acceptors (Lipinski definition) is 2. The number of halogens is 1. The molecule has 0 amide bonds. The van der Waals surface area contributed by atoms with Crippen LogP contribution in [-0.4, -0.2) is 12.6 Å². The zero-order chi connectivity index (χ0) is 10.1. The molecule has 0 aromatic heterocycles. The van der Waals surface area contributed by atoms with Crippen LogP contribution in [0.25, 0.3) is 0 Å². The van der Waals surface area contributed by atoms with Gasteiger partial charge in [0.25, 0.3) is 0 Å². The number of rotatable bonds is 1. The minimum Gasteiger partial charge on any atom is -0.489 e. The van der Waals surface area contributed by atoms with Gasteiger partial charge in [0.1, 0.15) is 5.75 Å². The van der Waals surface area contributed by atoms with Crippen LogP contribution in [0, 0.1) is 0 Å². The van der Waals surface area contributed by atoms with Crippen LogP contribution < -0.4 is 10.5 Å². The summed E-state index contributed by atoms with van der Waals surface area (Å²) in [7, 11) is 0. The number of para-hydroxylation sites is 1. The van der Waals surface area contributed by atoms with Crippen molar-refractivity contribution in [3.63, 3.8) is 0 Å². The lowest BCUT2D eigenvalue weighted by Gasteiger charge is -2.30. The summed E-state index contributed by atoms with van der Waals surface area (Å²) in [5.74, 6) is 1.41. The van der Waals surface area contributed by atoms with E-state index in [1.807, 2.05) is 12.1 Å². The minimum atomic E-state index is 0.259. The number of ether oxygens (including phenoxy) is 1. The van der Waals surface area contributed by atoms with Crippen molar-refractivity contribution in [3.05, 3.63) is 28.2 Å². The highest BCUT2D eigenvalue weighted by Crippen LogP contribution is 2.40. The first-order valence-electron chi connectivity index (χ1n) is 4.87. The SMILES string of the molecule is CC1CC(CN)c2cccc(Br)c2O1. The van der Waals surface area contributed by atoms with Crippen molar-refractivity contribution in [1.82, 2.24) is 0 Å². The highest BCUT2D eigenvalue weighted by Gasteiger charge is 2.25. The molecule has 1 aromatic carbocycles. The Hall–Kier alpha value is -0.540. The van der Waals surface area contributed by atoms with E-state index in [1.165, 1.54) is 5.56 Å². The molecule has 2 N–H and O–H groups in total. The lowest BCUT2D eigenvalue weighted by molar-refractivity contribution is 0.176. The molecule has 76 valence electrons. The van der Waals surface area contributed by atoms with Crippen molar-refractivity contribution in [2.45, 2.75) is 25.4 Å². The Labute approximate surface area is 92.6 Å². The van der Waals surface area contributed by atoms with Gasteiger partial charge in [-0.3, -0.25) is 0 Å². The standard InChI is InChI=1S/C11H14BrNO/c1-7-5-8(6-13)9-3-2-4-10(12)11(9)14-7/h2-4,7-8H,5-6,13H2,1H3. The summed E-state index contributed by atoms with van der Waals surface area (Å²) >= 11 is 3.50. The van der Waals surface area contributed by atoms with E-state index in [0.717, 1.165) is 16.6 Å². The van der Waals surface area contributed by atoms with E-state index < -0.39 is 0 Å². The van der Waals surface area contributed by atoms with Gasteiger partial charge in [0.2, 0.25) is 0 Å². The van der Waals surface area contributed by atoms with Crippen LogP contribution in [-0.2, 0) is 0 Å². The second-order valence-electron chi connectivity index (χ2n) is 3.75. The summed E-state index contributed by atoms with van der Waals surface area (Å²) in [5, 5.41) is 0. The second-order valence-corrected chi connectivity index (χ2v) is 4.61. The highest BCUT2D eigenvalue weighted by molar-refractivity contribution is 9.10. The summed E-state index contributed by atoms with van der Waals surface area (Å²) in [6, 6.07) is 6.14. The van der Waals surface area contributed by atoms with Crippen LogP contribution in [0.1, 0.15) is 24.8 Å². The number of fused-ring (bicyclic) bond motifs is 1. The number of nitrogens with two attached hydrogens (primary N) is 1. The highest BCUT2D eigenvalue weighted by atomic mass is 79.9. The van der Waals surface area contributed by atoms with Gasteiger partial charge in [-0.15, -0.1) is 0 Å². The summed E-state index contributed by atoms with van der Waals surface area (Å²) in [6.07, 6.45) is 1.27. The monoisotopic (exact) mass is 255 g/mol. The average molecular weight is 256 g/mol. The van der Waals surface area contributed by atoms with Crippen molar-refractivity contribution in [2.75, 3.05) is 6.54 Å². The van der Waals surface area contributed by atoms with E-state index in [-0.39, 0.29) is 6.10 Å². The van der Waals surface area contributed by atoms with E-state index in [9.17, 15) is 0 Å². The molecule has 1 aliphatic rings. The Kier molecular flexibility index (Phi) is 2.79. The van der Waals surface area contributed by atoms with Gasteiger partial charge in [0.05, 0.1) is 10.6 Å². The Morgan fingerprint density at radius 1 is 1.57 bits per heavy atom. The van der Waals surface area contributed by atoms with Crippen LogP contribution in [0.3, 0.4) is 0 Å². The third kappa shape index (κ3) is 1.66.